The van der Waals surface area contributed by atoms with E-state index in [2.05, 4.69) is 27.2 Å². The first-order valence-electron chi connectivity index (χ1n) is 4.41. The molecule has 2 fully saturated rings. The number of hydrogen-bond acceptors (Lipinski definition) is 0. The Kier molecular flexibility index (Phi) is 2.26. The molecule has 0 amide bonds. The van der Waals surface area contributed by atoms with Crippen LogP contribution in [0.1, 0.15) is 40.0 Å². The van der Waals surface area contributed by atoms with Crippen molar-refractivity contribution in [3.8, 4) is 0 Å². The number of hydrogen-bond donors (Lipinski definition) is 0. The van der Waals surface area contributed by atoms with Crippen molar-refractivity contribution in [3.63, 3.8) is 0 Å². The predicted octanol–water partition coefficient (Wildman–Crippen LogP) is 3.03. The first kappa shape index (κ1) is 9.71. The quantitative estimate of drug-likeness (QED) is 0.419. The minimum absolute atomic E-state index is 0. The van der Waals surface area contributed by atoms with E-state index in [0.29, 0.717) is 10.8 Å². The Hall–Kier alpha value is 0.623. The molecule has 2 saturated carbocycles. The average Bonchev–Trinajstić information content (AvgIpc) is 2.18. The van der Waals surface area contributed by atoms with Crippen LogP contribution in [0, 0.1) is 23.2 Å². The molecule has 0 radical (unpaired) electrons. The molecule has 0 aromatic carbocycles. The van der Waals surface area contributed by atoms with Crippen molar-refractivity contribution in [2.75, 3.05) is 0 Å². The van der Waals surface area contributed by atoms with Crippen molar-refractivity contribution < 1.29 is 19.5 Å². The van der Waals surface area contributed by atoms with Crippen molar-refractivity contribution in [2.24, 2.45) is 16.7 Å². The van der Waals surface area contributed by atoms with Gasteiger partial charge < -0.3 is 6.42 Å². The van der Waals surface area contributed by atoms with Gasteiger partial charge in [-0.3, -0.25) is 0 Å². The Morgan fingerprint density at radius 3 is 2.00 bits per heavy atom. The second kappa shape index (κ2) is 2.55. The van der Waals surface area contributed by atoms with Gasteiger partial charge in [0.2, 0.25) is 0 Å². The summed E-state index contributed by atoms with van der Waals surface area (Å²) in [6.45, 7) is 7.31. The molecule has 2 aliphatic rings. The Labute approximate surface area is 82.9 Å². The third-order valence-electron chi connectivity index (χ3n) is 4.36. The largest absolute Gasteiger partial charge is 0.322 e. The maximum Gasteiger partial charge on any atom is 0 e. The fourth-order valence-electron chi connectivity index (χ4n) is 2.80. The maximum absolute atomic E-state index is 2.56. The fraction of sp³-hybridized carbons (Fsp3) is 0.900. The Bertz CT molecular complexity index is 150. The van der Waals surface area contributed by atoms with Gasteiger partial charge in [-0.2, -0.15) is 11.8 Å². The minimum atomic E-state index is 0. The first-order valence-corrected chi connectivity index (χ1v) is 4.41. The summed E-state index contributed by atoms with van der Waals surface area (Å²) in [7, 11) is 0. The van der Waals surface area contributed by atoms with Gasteiger partial charge in [0.05, 0.1) is 0 Å². The third kappa shape index (κ3) is 1.04. The van der Waals surface area contributed by atoms with Crippen molar-refractivity contribution in [2.45, 2.75) is 40.0 Å². The van der Waals surface area contributed by atoms with E-state index >= 15 is 0 Å². The summed E-state index contributed by atoms with van der Waals surface area (Å²) in [6, 6.07) is 0. The van der Waals surface area contributed by atoms with Crippen LogP contribution < -0.4 is 0 Å². The fourth-order valence-corrected chi connectivity index (χ4v) is 2.80. The summed E-state index contributed by atoms with van der Waals surface area (Å²) in [5, 5.41) is 0. The molecule has 2 aliphatic carbocycles. The van der Waals surface area contributed by atoms with Crippen molar-refractivity contribution >= 4 is 0 Å². The molecule has 2 rings (SSSR count). The maximum atomic E-state index is 2.56. The van der Waals surface area contributed by atoms with Gasteiger partial charge in [0.25, 0.3) is 0 Å². The van der Waals surface area contributed by atoms with Crippen molar-refractivity contribution in [3.05, 3.63) is 6.42 Å². The Balaban J connectivity index is 0.000000605. The molecule has 0 N–H and O–H groups in total. The molecule has 2 bridgehead atoms. The SMILES string of the molecule is CC12[CH-]CC(CC1)C2(C)C.[Zn]. The van der Waals surface area contributed by atoms with Crippen LogP contribution in [0.2, 0.25) is 0 Å². The van der Waals surface area contributed by atoms with Crippen LogP contribution in [-0.4, -0.2) is 0 Å². The zero-order valence-electron chi connectivity index (χ0n) is 7.98. The van der Waals surface area contributed by atoms with Crippen molar-refractivity contribution in [1.29, 1.82) is 0 Å². The number of rotatable bonds is 0. The van der Waals surface area contributed by atoms with Crippen LogP contribution in [0.5, 0.6) is 0 Å². The topological polar surface area (TPSA) is 0 Å². The molecule has 0 heterocycles. The smallest absolute Gasteiger partial charge is 0 e. The van der Waals surface area contributed by atoms with Gasteiger partial charge in [0.1, 0.15) is 0 Å². The van der Waals surface area contributed by atoms with Crippen LogP contribution in [-0.2, 0) is 19.5 Å². The zero-order valence-corrected chi connectivity index (χ0v) is 11.0. The van der Waals surface area contributed by atoms with E-state index in [1.165, 1.54) is 19.3 Å². The molecule has 0 nitrogen and oxygen atoms in total. The van der Waals surface area contributed by atoms with Crippen LogP contribution in [0.4, 0.5) is 0 Å². The molecule has 1 heteroatoms. The molecule has 0 aromatic rings. The van der Waals surface area contributed by atoms with E-state index in [-0.39, 0.29) is 19.5 Å². The monoisotopic (exact) mass is 201 g/mol. The summed E-state index contributed by atoms with van der Waals surface area (Å²) < 4.78 is 0. The average molecular weight is 203 g/mol. The standard InChI is InChI=1S/C10H17.Zn/c1-9(2)8-4-6-10(9,3)7-5-8;/h6,8H,4-5,7H2,1-3H3;/q-1;. The minimum Gasteiger partial charge on any atom is -0.322 e. The molecular weight excluding hydrogens is 185 g/mol. The molecular formula is C10H17Zn-. The summed E-state index contributed by atoms with van der Waals surface area (Å²) in [5.74, 6) is 0.998. The van der Waals surface area contributed by atoms with Gasteiger partial charge in [0, 0.05) is 19.5 Å². The van der Waals surface area contributed by atoms with E-state index in [9.17, 15) is 0 Å². The molecule has 0 saturated heterocycles. The van der Waals surface area contributed by atoms with Gasteiger partial charge in [0.15, 0.2) is 0 Å². The van der Waals surface area contributed by atoms with E-state index in [0.717, 1.165) is 5.92 Å². The normalized spacial score (nSPS) is 45.5. The molecule has 0 aliphatic heterocycles. The molecule has 2 atom stereocenters. The first-order chi connectivity index (χ1) is 4.56. The predicted molar refractivity (Wildman–Crippen MR) is 43.5 cm³/mol. The summed E-state index contributed by atoms with van der Waals surface area (Å²) in [4.78, 5) is 0. The molecule has 11 heavy (non-hydrogen) atoms. The molecule has 60 valence electrons. The van der Waals surface area contributed by atoms with Gasteiger partial charge in [-0.25, -0.2) is 0 Å². The van der Waals surface area contributed by atoms with Gasteiger partial charge in [-0.05, 0) is 0 Å². The molecule has 0 spiro atoms. The van der Waals surface area contributed by atoms with Crippen LogP contribution >= 0.6 is 0 Å². The summed E-state index contributed by atoms with van der Waals surface area (Å²) in [6.07, 6.45) is 6.84. The third-order valence-corrected chi connectivity index (χ3v) is 4.36. The van der Waals surface area contributed by atoms with Crippen LogP contribution in [0.15, 0.2) is 0 Å². The van der Waals surface area contributed by atoms with E-state index < -0.39 is 0 Å². The summed E-state index contributed by atoms with van der Waals surface area (Å²) >= 11 is 0. The molecule has 2 unspecified atom stereocenters. The second-order valence-electron chi connectivity index (χ2n) is 4.81. The van der Waals surface area contributed by atoms with Gasteiger partial charge in [-0.15, -0.1) is 0 Å². The van der Waals surface area contributed by atoms with Crippen LogP contribution in [0.25, 0.3) is 0 Å². The van der Waals surface area contributed by atoms with Crippen molar-refractivity contribution in [1.82, 2.24) is 0 Å². The summed E-state index contributed by atoms with van der Waals surface area (Å²) in [5.41, 5.74) is 1.19. The Morgan fingerprint density at radius 1 is 1.27 bits per heavy atom. The van der Waals surface area contributed by atoms with Gasteiger partial charge >= 0.3 is 0 Å². The van der Waals surface area contributed by atoms with E-state index in [4.69, 9.17) is 0 Å². The Morgan fingerprint density at radius 2 is 1.91 bits per heavy atom. The number of fused-ring (bicyclic) bond motifs is 2. The molecule has 0 aromatic heterocycles. The van der Waals surface area contributed by atoms with E-state index in [1.54, 1.807) is 0 Å². The van der Waals surface area contributed by atoms with E-state index in [1.807, 2.05) is 0 Å². The van der Waals surface area contributed by atoms with Crippen LogP contribution in [0.3, 0.4) is 0 Å². The zero-order chi connectivity index (χ0) is 7.41. The second-order valence-corrected chi connectivity index (χ2v) is 4.81. The van der Waals surface area contributed by atoms with Gasteiger partial charge in [-0.1, -0.05) is 44.9 Å².